The SMILES string of the molecule is Cc1ccc(C(C)C)c(OCC(=O)NNC(=S)NC(=O)c2ccc(C)c(Br)c2)c1. The van der Waals surface area contributed by atoms with Gasteiger partial charge in [-0.1, -0.05) is 48.0 Å². The molecule has 0 aliphatic carbocycles. The van der Waals surface area contributed by atoms with Crippen LogP contribution in [0.3, 0.4) is 0 Å². The Labute approximate surface area is 184 Å². The van der Waals surface area contributed by atoms with E-state index in [1.807, 2.05) is 38.1 Å². The Hall–Kier alpha value is -2.45. The first-order chi connectivity index (χ1) is 13.7. The number of hydrazine groups is 1. The van der Waals surface area contributed by atoms with Gasteiger partial charge in [0.1, 0.15) is 5.75 Å². The first-order valence-electron chi connectivity index (χ1n) is 9.07. The number of amides is 2. The second-order valence-corrected chi connectivity index (χ2v) is 8.17. The summed E-state index contributed by atoms with van der Waals surface area (Å²) in [6, 6.07) is 11.1. The van der Waals surface area contributed by atoms with Crippen LogP contribution in [0.25, 0.3) is 0 Å². The number of hydrogen-bond acceptors (Lipinski definition) is 4. The Morgan fingerprint density at radius 2 is 1.83 bits per heavy atom. The molecule has 0 aliphatic heterocycles. The summed E-state index contributed by atoms with van der Waals surface area (Å²) >= 11 is 8.43. The summed E-state index contributed by atoms with van der Waals surface area (Å²) in [4.78, 5) is 24.3. The summed E-state index contributed by atoms with van der Waals surface area (Å²) < 4.78 is 6.49. The standard InChI is InChI=1S/C21H24BrN3O3S/c1-12(2)16-8-5-13(3)9-18(16)28-11-19(26)24-25-21(29)23-20(27)15-7-6-14(4)17(22)10-15/h5-10,12H,11H2,1-4H3,(H,24,26)(H2,23,25,27,29). The molecular formula is C21H24BrN3O3S. The van der Waals surface area contributed by atoms with Crippen LogP contribution in [0.2, 0.25) is 0 Å². The van der Waals surface area contributed by atoms with Crippen LogP contribution in [0.4, 0.5) is 0 Å². The quantitative estimate of drug-likeness (QED) is 0.449. The maximum absolute atomic E-state index is 12.2. The number of thiocarbonyl (C=S) groups is 1. The van der Waals surface area contributed by atoms with E-state index in [1.54, 1.807) is 12.1 Å². The van der Waals surface area contributed by atoms with Crippen molar-refractivity contribution in [1.82, 2.24) is 16.2 Å². The number of halogens is 1. The lowest BCUT2D eigenvalue weighted by atomic mass is 10.0. The van der Waals surface area contributed by atoms with Crippen molar-refractivity contribution in [2.45, 2.75) is 33.6 Å². The average molecular weight is 478 g/mol. The molecular weight excluding hydrogens is 454 g/mol. The Balaban J connectivity index is 1.83. The molecule has 154 valence electrons. The highest BCUT2D eigenvalue weighted by Gasteiger charge is 2.12. The van der Waals surface area contributed by atoms with Crippen LogP contribution >= 0.6 is 28.1 Å². The zero-order chi connectivity index (χ0) is 21.6. The van der Waals surface area contributed by atoms with Crippen molar-refractivity contribution >= 4 is 45.1 Å². The normalized spacial score (nSPS) is 10.4. The molecule has 8 heteroatoms. The predicted molar refractivity (Wildman–Crippen MR) is 121 cm³/mol. The number of hydrogen-bond donors (Lipinski definition) is 3. The number of rotatable bonds is 5. The second kappa shape index (κ2) is 10.4. The fourth-order valence-corrected chi connectivity index (χ4v) is 3.01. The van der Waals surface area contributed by atoms with E-state index in [-0.39, 0.29) is 23.5 Å². The summed E-state index contributed by atoms with van der Waals surface area (Å²) in [5.74, 6) is 0.151. The predicted octanol–water partition coefficient (Wildman–Crippen LogP) is 3.90. The highest BCUT2D eigenvalue weighted by atomic mass is 79.9. The van der Waals surface area contributed by atoms with Gasteiger partial charge in [0.05, 0.1) is 0 Å². The van der Waals surface area contributed by atoms with Crippen LogP contribution in [-0.4, -0.2) is 23.5 Å². The molecule has 0 radical (unpaired) electrons. The smallest absolute Gasteiger partial charge is 0.276 e. The third kappa shape index (κ3) is 6.83. The van der Waals surface area contributed by atoms with Gasteiger partial charge in [0.2, 0.25) is 0 Å². The van der Waals surface area contributed by atoms with Crippen molar-refractivity contribution in [3.05, 3.63) is 63.1 Å². The molecule has 2 aromatic carbocycles. The Morgan fingerprint density at radius 1 is 1.10 bits per heavy atom. The van der Waals surface area contributed by atoms with E-state index in [0.717, 1.165) is 21.2 Å². The van der Waals surface area contributed by atoms with E-state index in [1.165, 1.54) is 0 Å². The topological polar surface area (TPSA) is 79.5 Å². The molecule has 2 aromatic rings. The van der Waals surface area contributed by atoms with Gasteiger partial charge >= 0.3 is 0 Å². The van der Waals surface area contributed by atoms with Crippen LogP contribution in [-0.2, 0) is 4.79 Å². The molecule has 29 heavy (non-hydrogen) atoms. The van der Waals surface area contributed by atoms with Crippen LogP contribution in [0, 0.1) is 13.8 Å². The van der Waals surface area contributed by atoms with E-state index in [4.69, 9.17) is 17.0 Å². The largest absolute Gasteiger partial charge is 0.483 e. The zero-order valence-corrected chi connectivity index (χ0v) is 19.2. The van der Waals surface area contributed by atoms with Crippen molar-refractivity contribution in [2.24, 2.45) is 0 Å². The maximum Gasteiger partial charge on any atom is 0.276 e. The summed E-state index contributed by atoms with van der Waals surface area (Å²) in [6.07, 6.45) is 0. The first-order valence-corrected chi connectivity index (χ1v) is 10.3. The third-order valence-corrected chi connectivity index (χ3v) is 5.18. The van der Waals surface area contributed by atoms with Crippen molar-refractivity contribution in [3.63, 3.8) is 0 Å². The maximum atomic E-state index is 12.2. The zero-order valence-electron chi connectivity index (χ0n) is 16.8. The minimum absolute atomic E-state index is 0.0153. The Morgan fingerprint density at radius 3 is 2.48 bits per heavy atom. The van der Waals surface area contributed by atoms with Gasteiger partial charge in [0.25, 0.3) is 11.8 Å². The second-order valence-electron chi connectivity index (χ2n) is 6.91. The number of nitrogens with one attached hydrogen (secondary N) is 3. The first kappa shape index (κ1) is 22.8. The summed E-state index contributed by atoms with van der Waals surface area (Å²) in [5, 5.41) is 2.49. The van der Waals surface area contributed by atoms with Crippen molar-refractivity contribution in [2.75, 3.05) is 6.61 Å². The van der Waals surface area contributed by atoms with Gasteiger partial charge in [-0.2, -0.15) is 0 Å². The van der Waals surface area contributed by atoms with Crippen molar-refractivity contribution < 1.29 is 14.3 Å². The molecule has 0 saturated heterocycles. The van der Waals surface area contributed by atoms with Gasteiger partial charge in [-0.05, 0) is 66.9 Å². The molecule has 0 heterocycles. The Bertz CT molecular complexity index is 931. The van der Waals surface area contributed by atoms with Crippen LogP contribution in [0.5, 0.6) is 5.75 Å². The molecule has 2 rings (SSSR count). The molecule has 0 saturated carbocycles. The van der Waals surface area contributed by atoms with Gasteiger partial charge in [-0.3, -0.25) is 25.8 Å². The molecule has 3 N–H and O–H groups in total. The van der Waals surface area contributed by atoms with Crippen LogP contribution in [0.1, 0.15) is 46.8 Å². The summed E-state index contributed by atoms with van der Waals surface area (Å²) in [6.45, 7) is 7.83. The minimum Gasteiger partial charge on any atom is -0.483 e. The number of ether oxygens (including phenoxy) is 1. The van der Waals surface area contributed by atoms with Crippen molar-refractivity contribution in [1.29, 1.82) is 0 Å². The number of carbonyl (C=O) groups excluding carboxylic acids is 2. The molecule has 2 amide bonds. The lowest BCUT2D eigenvalue weighted by Gasteiger charge is -2.15. The van der Waals surface area contributed by atoms with E-state index >= 15 is 0 Å². The molecule has 0 bridgehead atoms. The van der Waals surface area contributed by atoms with E-state index in [9.17, 15) is 9.59 Å². The van der Waals surface area contributed by atoms with Crippen LogP contribution < -0.4 is 20.9 Å². The van der Waals surface area contributed by atoms with E-state index < -0.39 is 5.91 Å². The molecule has 6 nitrogen and oxygen atoms in total. The monoisotopic (exact) mass is 477 g/mol. The van der Waals surface area contributed by atoms with Crippen LogP contribution in [0.15, 0.2) is 40.9 Å². The van der Waals surface area contributed by atoms with Gasteiger partial charge in [-0.25, -0.2) is 0 Å². The summed E-state index contributed by atoms with van der Waals surface area (Å²) in [5.41, 5.74) is 8.46. The van der Waals surface area contributed by atoms with Gasteiger partial charge in [-0.15, -0.1) is 0 Å². The van der Waals surface area contributed by atoms with Gasteiger partial charge in [0.15, 0.2) is 11.7 Å². The third-order valence-electron chi connectivity index (χ3n) is 4.13. The van der Waals surface area contributed by atoms with Gasteiger partial charge < -0.3 is 4.74 Å². The lowest BCUT2D eigenvalue weighted by molar-refractivity contribution is -0.123. The van der Waals surface area contributed by atoms with Gasteiger partial charge in [0, 0.05) is 10.0 Å². The average Bonchev–Trinajstić information content (AvgIpc) is 2.66. The fourth-order valence-electron chi connectivity index (χ4n) is 2.49. The highest BCUT2D eigenvalue weighted by Crippen LogP contribution is 2.27. The lowest BCUT2D eigenvalue weighted by Crippen LogP contribution is -2.49. The summed E-state index contributed by atoms with van der Waals surface area (Å²) in [7, 11) is 0. The highest BCUT2D eigenvalue weighted by molar-refractivity contribution is 9.10. The Kier molecular flexibility index (Phi) is 8.16. The fraction of sp³-hybridized carbons (Fsp3) is 0.286. The van der Waals surface area contributed by atoms with E-state index in [0.29, 0.717) is 11.3 Å². The molecule has 0 aromatic heterocycles. The molecule has 0 atom stereocenters. The molecule has 0 fully saturated rings. The molecule has 0 unspecified atom stereocenters. The number of benzene rings is 2. The van der Waals surface area contributed by atoms with E-state index in [2.05, 4.69) is 45.9 Å². The molecule has 0 aliphatic rings. The van der Waals surface area contributed by atoms with Crippen molar-refractivity contribution in [3.8, 4) is 5.75 Å². The molecule has 0 spiro atoms. The number of carbonyl (C=O) groups is 2. The minimum atomic E-state index is -0.420. The number of aryl methyl sites for hydroxylation is 2.